The van der Waals surface area contributed by atoms with Gasteiger partial charge in [0.1, 0.15) is 22.9 Å². The molecule has 2 amide bonds. The number of hydrogen-bond donors (Lipinski definition) is 1. The molecule has 1 aliphatic rings. The zero-order valence-corrected chi connectivity index (χ0v) is 29.1. The largest absolute Gasteiger partial charge is 0.467 e. The lowest BCUT2D eigenvalue weighted by molar-refractivity contribution is -0.192. The molecule has 3 aromatic carbocycles. The molecule has 1 heterocycles. The van der Waals surface area contributed by atoms with Crippen LogP contribution >= 0.6 is 0 Å². The lowest BCUT2D eigenvalue weighted by Gasteiger charge is -2.24. The lowest BCUT2D eigenvalue weighted by atomic mass is 9.94. The summed E-state index contributed by atoms with van der Waals surface area (Å²) in [6.07, 6.45) is 1.17. The van der Waals surface area contributed by atoms with Crippen molar-refractivity contribution in [2.24, 2.45) is 0 Å². The Morgan fingerprint density at radius 1 is 0.860 bits per heavy atom. The van der Waals surface area contributed by atoms with Gasteiger partial charge in [0, 0.05) is 44.5 Å². The number of ether oxygens (including phenoxy) is 4. The number of methoxy groups -OCH3 is 2. The summed E-state index contributed by atoms with van der Waals surface area (Å²) >= 11 is 0. The SMILES string of the molecule is COCOc1ccc(C(C)C)c(F)c1C(=O)c1ccc(C(=O)OOC(=O)N2CCCCC(NC(=O)c3cc(C)c(OCOC)c(C)c3)C2)cc1. The number of rotatable bonds is 12. The first-order valence-corrected chi connectivity index (χ1v) is 16.3. The first-order chi connectivity index (χ1) is 23.9. The summed E-state index contributed by atoms with van der Waals surface area (Å²) in [7, 11) is 2.94. The van der Waals surface area contributed by atoms with Crippen LogP contribution in [-0.4, -0.2) is 75.6 Å². The summed E-state index contributed by atoms with van der Waals surface area (Å²) in [5, 5.41) is 2.99. The molecule has 1 saturated heterocycles. The first kappa shape index (κ1) is 37.8. The Kier molecular flexibility index (Phi) is 13.3. The molecule has 0 aromatic heterocycles. The highest BCUT2D eigenvalue weighted by molar-refractivity contribution is 6.11. The van der Waals surface area contributed by atoms with Crippen LogP contribution in [0.1, 0.15) is 92.4 Å². The third-order valence-electron chi connectivity index (χ3n) is 8.19. The molecule has 0 saturated carbocycles. The van der Waals surface area contributed by atoms with Gasteiger partial charge in [-0.3, -0.25) is 9.59 Å². The summed E-state index contributed by atoms with van der Waals surface area (Å²) < 4.78 is 36.4. The number of aryl methyl sites for hydroxylation is 2. The van der Waals surface area contributed by atoms with Crippen LogP contribution in [0.2, 0.25) is 0 Å². The molecule has 1 atom stereocenters. The number of nitrogens with one attached hydrogen (secondary N) is 1. The predicted molar refractivity (Wildman–Crippen MR) is 180 cm³/mol. The van der Waals surface area contributed by atoms with Crippen LogP contribution in [0.5, 0.6) is 11.5 Å². The number of ketones is 1. The van der Waals surface area contributed by atoms with Crippen molar-refractivity contribution in [3.8, 4) is 11.5 Å². The standard InChI is InChI=1S/C37H43FN2O10/c1-22(2)29-14-15-30(47-20-45-5)31(32(29)38)33(41)25-10-12-26(13-11-25)36(43)49-50-37(44)40-16-8-7-9-28(19-40)39-35(42)27-17-23(3)34(24(4)18-27)48-21-46-6/h10-15,17-18,22,28H,7-9,16,19-21H2,1-6H3,(H,39,42). The normalized spacial score (nSPS) is 14.5. The van der Waals surface area contributed by atoms with Crippen molar-refractivity contribution in [1.29, 1.82) is 0 Å². The third-order valence-corrected chi connectivity index (χ3v) is 8.19. The van der Waals surface area contributed by atoms with Crippen molar-refractivity contribution in [3.63, 3.8) is 0 Å². The maximum atomic E-state index is 15.5. The Balaban J connectivity index is 1.36. The number of likely N-dealkylation sites (tertiary alicyclic amines) is 1. The number of nitrogens with zero attached hydrogens (tertiary/aromatic N) is 1. The molecular formula is C37H43FN2O10. The molecular weight excluding hydrogens is 651 g/mol. The minimum atomic E-state index is -0.974. The molecule has 0 spiro atoms. The molecule has 0 bridgehead atoms. The van der Waals surface area contributed by atoms with Crippen LogP contribution in [0.15, 0.2) is 48.5 Å². The summed E-state index contributed by atoms with van der Waals surface area (Å²) in [5.41, 5.74) is 2.22. The van der Waals surface area contributed by atoms with E-state index in [1.165, 1.54) is 49.5 Å². The van der Waals surface area contributed by atoms with Gasteiger partial charge in [-0.2, -0.15) is 0 Å². The van der Waals surface area contributed by atoms with Gasteiger partial charge in [0.05, 0.1) is 5.56 Å². The fourth-order valence-electron chi connectivity index (χ4n) is 5.67. The van der Waals surface area contributed by atoms with Gasteiger partial charge in [0.25, 0.3) is 5.91 Å². The highest BCUT2D eigenvalue weighted by Crippen LogP contribution is 2.31. The van der Waals surface area contributed by atoms with Crippen molar-refractivity contribution in [2.75, 3.05) is 40.9 Å². The Morgan fingerprint density at radius 2 is 1.50 bits per heavy atom. The second kappa shape index (κ2) is 17.6. The maximum absolute atomic E-state index is 15.5. The van der Waals surface area contributed by atoms with E-state index in [9.17, 15) is 19.2 Å². The zero-order chi connectivity index (χ0) is 36.4. The summed E-state index contributed by atoms with van der Waals surface area (Å²) in [5.74, 6) is -2.13. The smallest absolute Gasteiger partial charge is 0.453 e. The quantitative estimate of drug-likeness (QED) is 0.100. The van der Waals surface area contributed by atoms with Gasteiger partial charge in [-0.1, -0.05) is 32.0 Å². The first-order valence-electron chi connectivity index (χ1n) is 16.3. The van der Waals surface area contributed by atoms with E-state index in [4.69, 9.17) is 28.7 Å². The van der Waals surface area contributed by atoms with Crippen molar-refractivity contribution >= 4 is 23.8 Å². The monoisotopic (exact) mass is 694 g/mol. The number of amides is 2. The fourth-order valence-corrected chi connectivity index (χ4v) is 5.67. The molecule has 268 valence electrons. The van der Waals surface area contributed by atoms with Gasteiger partial charge < -0.3 is 29.2 Å². The van der Waals surface area contributed by atoms with E-state index in [1.807, 2.05) is 27.7 Å². The Labute approximate surface area is 290 Å². The van der Waals surface area contributed by atoms with Gasteiger partial charge in [-0.15, -0.1) is 0 Å². The molecule has 0 radical (unpaired) electrons. The Morgan fingerprint density at radius 3 is 2.14 bits per heavy atom. The number of benzene rings is 3. The minimum absolute atomic E-state index is 0.00755. The van der Waals surface area contributed by atoms with Crippen molar-refractivity contribution in [1.82, 2.24) is 10.2 Å². The highest BCUT2D eigenvalue weighted by Gasteiger charge is 2.28. The number of carbonyl (C=O) groups excluding carboxylic acids is 4. The molecule has 1 aliphatic heterocycles. The number of carbonyl (C=O) groups is 4. The topological polar surface area (TPSA) is 139 Å². The van der Waals surface area contributed by atoms with E-state index in [1.54, 1.807) is 18.2 Å². The van der Waals surface area contributed by atoms with E-state index >= 15 is 4.39 Å². The molecule has 0 aliphatic carbocycles. The van der Waals surface area contributed by atoms with Gasteiger partial charge in [-0.25, -0.2) is 23.8 Å². The van der Waals surface area contributed by atoms with Gasteiger partial charge in [-0.05, 0) is 86.1 Å². The van der Waals surface area contributed by atoms with E-state index in [0.29, 0.717) is 36.3 Å². The number of halogens is 1. The lowest BCUT2D eigenvalue weighted by Crippen LogP contribution is -2.45. The van der Waals surface area contributed by atoms with Crippen LogP contribution in [0.25, 0.3) is 0 Å². The molecule has 3 aromatic rings. The molecule has 1 N–H and O–H groups in total. The molecule has 13 heteroatoms. The highest BCUT2D eigenvalue weighted by atomic mass is 19.1. The maximum Gasteiger partial charge on any atom is 0.453 e. The Bertz CT molecular complexity index is 1670. The third kappa shape index (κ3) is 9.36. The van der Waals surface area contributed by atoms with Crippen LogP contribution in [0.4, 0.5) is 9.18 Å². The molecule has 1 fully saturated rings. The summed E-state index contributed by atoms with van der Waals surface area (Å²) in [4.78, 5) is 63.2. The van der Waals surface area contributed by atoms with Gasteiger partial charge in [0.15, 0.2) is 19.4 Å². The number of hydrogen-bond acceptors (Lipinski definition) is 10. The fraction of sp³-hybridized carbons (Fsp3) is 0.405. The molecule has 12 nitrogen and oxygen atoms in total. The molecule has 50 heavy (non-hydrogen) atoms. The van der Waals surface area contributed by atoms with Crippen molar-refractivity contribution in [3.05, 3.63) is 93.3 Å². The summed E-state index contributed by atoms with van der Waals surface area (Å²) in [6.45, 7) is 7.70. The zero-order valence-electron chi connectivity index (χ0n) is 29.1. The Hall–Kier alpha value is -5.01. The van der Waals surface area contributed by atoms with E-state index in [0.717, 1.165) is 17.5 Å². The van der Waals surface area contributed by atoms with E-state index < -0.39 is 23.7 Å². The van der Waals surface area contributed by atoms with E-state index in [-0.39, 0.29) is 60.4 Å². The van der Waals surface area contributed by atoms with Crippen LogP contribution in [-0.2, 0) is 19.2 Å². The predicted octanol–water partition coefficient (Wildman–Crippen LogP) is 6.26. The van der Waals surface area contributed by atoms with Gasteiger partial charge in [0.2, 0.25) is 0 Å². The van der Waals surface area contributed by atoms with Crippen molar-refractivity contribution in [2.45, 2.75) is 58.9 Å². The molecule has 1 unspecified atom stereocenters. The minimum Gasteiger partial charge on any atom is -0.467 e. The van der Waals surface area contributed by atoms with Crippen molar-refractivity contribution < 1.29 is 52.3 Å². The molecule has 4 rings (SSSR count). The average molecular weight is 695 g/mol. The van der Waals surface area contributed by atoms with Gasteiger partial charge >= 0.3 is 12.1 Å². The second-order valence-corrected chi connectivity index (χ2v) is 12.3. The summed E-state index contributed by atoms with van der Waals surface area (Å²) in [6, 6.07) is 11.5. The van der Waals surface area contributed by atoms with Crippen LogP contribution in [0, 0.1) is 19.7 Å². The second-order valence-electron chi connectivity index (χ2n) is 12.3. The van der Waals surface area contributed by atoms with E-state index in [2.05, 4.69) is 5.32 Å². The van der Waals surface area contributed by atoms with Crippen LogP contribution < -0.4 is 14.8 Å². The van der Waals surface area contributed by atoms with Crippen LogP contribution in [0.3, 0.4) is 0 Å². The average Bonchev–Trinajstić information content (AvgIpc) is 3.34.